The molecule has 0 saturated carbocycles. The Hall–Kier alpha value is -0.970. The second kappa shape index (κ2) is 4.26. The highest BCUT2D eigenvalue weighted by Crippen LogP contribution is 2.23. The van der Waals surface area contributed by atoms with Gasteiger partial charge in [-0.3, -0.25) is 4.79 Å². The average Bonchev–Trinajstić information content (AvgIpc) is 2.69. The van der Waals surface area contributed by atoms with Crippen LogP contribution in [0, 0.1) is 0 Å². The van der Waals surface area contributed by atoms with Crippen LogP contribution in [0.2, 0.25) is 10.0 Å². The number of hydrogen-bond acceptors (Lipinski definition) is 4. The zero-order valence-corrected chi connectivity index (χ0v) is 9.60. The molecule has 0 spiro atoms. The van der Waals surface area contributed by atoms with E-state index in [1.165, 1.54) is 12.3 Å². The normalized spacial score (nSPS) is 10.3. The molecule has 76 valence electrons. The van der Waals surface area contributed by atoms with Crippen LogP contribution in [0.4, 0.5) is 0 Å². The fourth-order valence-electron chi connectivity index (χ4n) is 1.07. The van der Waals surface area contributed by atoms with E-state index < -0.39 is 0 Å². The van der Waals surface area contributed by atoms with E-state index in [2.05, 4.69) is 9.59 Å². The van der Waals surface area contributed by atoms with E-state index in [4.69, 9.17) is 23.2 Å². The van der Waals surface area contributed by atoms with Crippen molar-refractivity contribution in [2.45, 2.75) is 0 Å². The smallest absolute Gasteiger partial charge is 0.207 e. The van der Waals surface area contributed by atoms with Crippen molar-refractivity contribution in [3.8, 4) is 0 Å². The van der Waals surface area contributed by atoms with Crippen LogP contribution in [0.1, 0.15) is 15.2 Å². The predicted molar refractivity (Wildman–Crippen MR) is 59.8 cm³/mol. The summed E-state index contributed by atoms with van der Waals surface area (Å²) < 4.78 is 3.62. The number of ketones is 1. The van der Waals surface area contributed by atoms with Gasteiger partial charge in [-0.2, -0.15) is 0 Å². The van der Waals surface area contributed by atoms with E-state index in [-0.39, 0.29) is 5.78 Å². The minimum atomic E-state index is -0.188. The molecule has 0 fully saturated rings. The van der Waals surface area contributed by atoms with Crippen molar-refractivity contribution < 1.29 is 4.79 Å². The summed E-state index contributed by atoms with van der Waals surface area (Å²) in [7, 11) is 0. The summed E-state index contributed by atoms with van der Waals surface area (Å²) in [6.45, 7) is 0. The Morgan fingerprint density at radius 2 is 2.13 bits per heavy atom. The molecule has 3 nitrogen and oxygen atoms in total. The molecule has 0 amide bonds. The molecule has 0 saturated heterocycles. The van der Waals surface area contributed by atoms with Crippen molar-refractivity contribution in [1.29, 1.82) is 0 Å². The molecule has 0 atom stereocenters. The maximum atomic E-state index is 11.8. The van der Waals surface area contributed by atoms with Crippen molar-refractivity contribution in [1.82, 2.24) is 9.59 Å². The number of hydrogen-bond donors (Lipinski definition) is 0. The summed E-state index contributed by atoms with van der Waals surface area (Å²) in [6, 6.07) is 4.74. The van der Waals surface area contributed by atoms with Gasteiger partial charge in [-0.1, -0.05) is 27.7 Å². The number of halogens is 2. The number of nitrogens with zero attached hydrogens (tertiary/aromatic N) is 2. The molecule has 6 heteroatoms. The molecule has 0 N–H and O–H groups in total. The fraction of sp³-hybridized carbons (Fsp3) is 0. The number of aromatic nitrogens is 2. The van der Waals surface area contributed by atoms with Crippen molar-refractivity contribution >= 4 is 40.5 Å². The molecule has 0 radical (unpaired) electrons. The second-order valence-corrected chi connectivity index (χ2v) is 4.36. The third-order valence-electron chi connectivity index (χ3n) is 1.76. The Balaban J connectivity index is 2.42. The molecule has 0 unspecified atom stereocenters. The molecular formula is C9H4Cl2N2OS. The van der Waals surface area contributed by atoms with Gasteiger partial charge in [0.25, 0.3) is 0 Å². The third kappa shape index (κ3) is 2.17. The van der Waals surface area contributed by atoms with E-state index in [0.717, 1.165) is 11.5 Å². The highest BCUT2D eigenvalue weighted by Gasteiger charge is 2.14. The van der Waals surface area contributed by atoms with Crippen molar-refractivity contribution in [2.75, 3.05) is 0 Å². The van der Waals surface area contributed by atoms with Gasteiger partial charge in [-0.25, -0.2) is 0 Å². The topological polar surface area (TPSA) is 42.9 Å². The van der Waals surface area contributed by atoms with E-state index in [0.29, 0.717) is 20.5 Å². The average molecular weight is 259 g/mol. The van der Waals surface area contributed by atoms with Crippen LogP contribution in [0.3, 0.4) is 0 Å². The third-order valence-corrected chi connectivity index (χ3v) is 2.97. The van der Waals surface area contributed by atoms with Gasteiger partial charge in [0.05, 0.1) is 11.2 Å². The van der Waals surface area contributed by atoms with E-state index in [1.54, 1.807) is 12.1 Å². The van der Waals surface area contributed by atoms with Crippen LogP contribution in [-0.4, -0.2) is 15.4 Å². The van der Waals surface area contributed by atoms with Gasteiger partial charge in [0.15, 0.2) is 0 Å². The van der Waals surface area contributed by atoms with Crippen LogP contribution in [-0.2, 0) is 0 Å². The number of carbonyl (C=O) groups excluding carboxylic acids is 1. The lowest BCUT2D eigenvalue weighted by Crippen LogP contribution is -1.99. The molecule has 2 rings (SSSR count). The minimum absolute atomic E-state index is 0.188. The number of carbonyl (C=O) groups is 1. The Labute approximate surface area is 99.8 Å². The molecular weight excluding hydrogens is 255 g/mol. The molecule has 1 aromatic heterocycles. The summed E-state index contributed by atoms with van der Waals surface area (Å²) in [4.78, 5) is 12.3. The van der Waals surface area contributed by atoms with Gasteiger partial charge in [0, 0.05) is 10.6 Å². The molecule has 2 aromatic rings. The summed E-state index contributed by atoms with van der Waals surface area (Å²) in [5, 5.41) is 4.43. The zero-order valence-electron chi connectivity index (χ0n) is 7.28. The molecule has 0 aliphatic carbocycles. The quantitative estimate of drug-likeness (QED) is 0.778. The minimum Gasteiger partial charge on any atom is -0.288 e. The summed E-state index contributed by atoms with van der Waals surface area (Å²) >= 11 is 12.7. The van der Waals surface area contributed by atoms with E-state index >= 15 is 0 Å². The molecule has 0 aliphatic rings. The van der Waals surface area contributed by atoms with Gasteiger partial charge in [0.1, 0.15) is 4.88 Å². The van der Waals surface area contributed by atoms with E-state index in [9.17, 15) is 4.79 Å². The van der Waals surface area contributed by atoms with Crippen molar-refractivity contribution in [2.24, 2.45) is 0 Å². The SMILES string of the molecule is O=C(c1cnns1)c1ccc(Cl)cc1Cl. The highest BCUT2D eigenvalue weighted by atomic mass is 35.5. The fourth-order valence-corrected chi connectivity index (χ4v) is 2.04. The molecule has 15 heavy (non-hydrogen) atoms. The maximum absolute atomic E-state index is 11.8. The van der Waals surface area contributed by atoms with Crippen LogP contribution in [0.25, 0.3) is 0 Å². The Kier molecular flexibility index (Phi) is 3.00. The lowest BCUT2D eigenvalue weighted by Gasteiger charge is -2.00. The van der Waals surface area contributed by atoms with Gasteiger partial charge in [-0.15, -0.1) is 5.10 Å². The summed E-state index contributed by atoms with van der Waals surface area (Å²) in [6.07, 6.45) is 1.41. The van der Waals surface area contributed by atoms with Crippen LogP contribution < -0.4 is 0 Å². The summed E-state index contributed by atoms with van der Waals surface area (Å²) in [5.41, 5.74) is 0.409. The largest absolute Gasteiger partial charge is 0.288 e. The first kappa shape index (κ1) is 10.5. The number of rotatable bonds is 2. The zero-order chi connectivity index (χ0) is 10.8. The van der Waals surface area contributed by atoms with Gasteiger partial charge >= 0.3 is 0 Å². The lowest BCUT2D eigenvalue weighted by atomic mass is 10.1. The molecule has 1 heterocycles. The Morgan fingerprint density at radius 1 is 1.33 bits per heavy atom. The van der Waals surface area contributed by atoms with Crippen LogP contribution in [0.15, 0.2) is 24.4 Å². The Bertz CT molecular complexity index is 499. The first-order valence-corrected chi connectivity index (χ1v) is 5.48. The van der Waals surface area contributed by atoms with Crippen LogP contribution in [0.5, 0.6) is 0 Å². The lowest BCUT2D eigenvalue weighted by molar-refractivity contribution is 0.104. The predicted octanol–water partition coefficient (Wildman–Crippen LogP) is 3.08. The molecule has 1 aromatic carbocycles. The van der Waals surface area contributed by atoms with Crippen molar-refractivity contribution in [3.63, 3.8) is 0 Å². The van der Waals surface area contributed by atoms with E-state index in [1.807, 2.05) is 0 Å². The van der Waals surface area contributed by atoms with Crippen molar-refractivity contribution in [3.05, 3.63) is 44.9 Å². The van der Waals surface area contributed by atoms with Gasteiger partial charge in [-0.05, 0) is 29.7 Å². The first-order chi connectivity index (χ1) is 7.18. The van der Waals surface area contributed by atoms with Crippen LogP contribution >= 0.6 is 34.7 Å². The van der Waals surface area contributed by atoms with Gasteiger partial charge < -0.3 is 0 Å². The monoisotopic (exact) mass is 258 g/mol. The molecule has 0 bridgehead atoms. The standard InChI is InChI=1S/C9H4Cl2N2OS/c10-5-1-2-6(7(11)3-5)9(14)8-4-12-13-15-8/h1-4H. The maximum Gasteiger partial charge on any atom is 0.207 e. The first-order valence-electron chi connectivity index (χ1n) is 3.95. The van der Waals surface area contributed by atoms with Gasteiger partial charge in [0.2, 0.25) is 5.78 Å². The molecule has 0 aliphatic heterocycles. The summed E-state index contributed by atoms with van der Waals surface area (Å²) in [5.74, 6) is -0.188. The highest BCUT2D eigenvalue weighted by molar-refractivity contribution is 7.08. The second-order valence-electron chi connectivity index (χ2n) is 2.74. The number of benzene rings is 1. The Morgan fingerprint density at radius 3 is 2.73 bits per heavy atom.